The molecule has 0 bridgehead atoms. The van der Waals surface area contributed by atoms with Crippen molar-refractivity contribution in [3.8, 4) is 17.1 Å². The van der Waals surface area contributed by atoms with E-state index in [2.05, 4.69) is 10.4 Å². The summed E-state index contributed by atoms with van der Waals surface area (Å²) in [6.07, 6.45) is 4.98. The highest BCUT2D eigenvalue weighted by molar-refractivity contribution is 5.93. The summed E-state index contributed by atoms with van der Waals surface area (Å²) in [5.41, 5.74) is 3.08. The summed E-state index contributed by atoms with van der Waals surface area (Å²) in [5.74, 6) is 0.350. The average molecular weight is 373 g/mol. The molecule has 0 spiro atoms. The Morgan fingerprint density at radius 2 is 1.93 bits per heavy atom. The van der Waals surface area contributed by atoms with Crippen molar-refractivity contribution in [1.82, 2.24) is 15.1 Å². The minimum Gasteiger partial charge on any atom is -0.454 e. The van der Waals surface area contributed by atoms with Crippen LogP contribution < -0.4 is 5.32 Å². The van der Waals surface area contributed by atoms with Crippen molar-refractivity contribution >= 4 is 23.0 Å². The summed E-state index contributed by atoms with van der Waals surface area (Å²) < 4.78 is 7.73. The fourth-order valence-corrected chi connectivity index (χ4v) is 2.92. The lowest BCUT2D eigenvalue weighted by atomic mass is 10.2. The van der Waals surface area contributed by atoms with E-state index < -0.39 is 0 Å². The van der Waals surface area contributed by atoms with E-state index in [-0.39, 0.29) is 19.1 Å². The van der Waals surface area contributed by atoms with E-state index in [0.29, 0.717) is 11.5 Å². The van der Waals surface area contributed by atoms with Crippen LogP contribution in [0.3, 0.4) is 0 Å². The van der Waals surface area contributed by atoms with Crippen LogP contribution in [-0.4, -0.2) is 33.9 Å². The van der Waals surface area contributed by atoms with E-state index in [9.17, 15) is 4.79 Å². The Kier molecular flexibility index (Phi) is 5.03. The minimum absolute atomic E-state index is 0.101. The highest BCUT2D eigenvalue weighted by Crippen LogP contribution is 2.30. The number of para-hydroxylation sites is 2. The summed E-state index contributed by atoms with van der Waals surface area (Å²) in [6, 6.07) is 19.4. The molecule has 0 aliphatic rings. The predicted molar refractivity (Wildman–Crippen MR) is 108 cm³/mol. The molecule has 0 saturated carbocycles. The third kappa shape index (κ3) is 3.72. The third-order valence-electron chi connectivity index (χ3n) is 4.25. The molecule has 2 N–H and O–H groups in total. The van der Waals surface area contributed by atoms with Gasteiger partial charge in [-0.1, -0.05) is 36.4 Å². The molecule has 2 aromatic carbocycles. The summed E-state index contributed by atoms with van der Waals surface area (Å²) in [6.45, 7) is 0.110. The van der Waals surface area contributed by atoms with Gasteiger partial charge in [-0.3, -0.25) is 4.79 Å². The van der Waals surface area contributed by atoms with E-state index in [1.165, 1.54) is 6.08 Å². The molecule has 2 aromatic heterocycles. The number of furan rings is 1. The van der Waals surface area contributed by atoms with Crippen molar-refractivity contribution in [2.24, 2.45) is 0 Å². The zero-order valence-corrected chi connectivity index (χ0v) is 15.1. The Bertz CT molecular complexity index is 1090. The van der Waals surface area contributed by atoms with Crippen LogP contribution in [0.4, 0.5) is 0 Å². The van der Waals surface area contributed by atoms with Gasteiger partial charge in [-0.15, -0.1) is 0 Å². The lowest BCUT2D eigenvalue weighted by Gasteiger charge is -1.98. The average Bonchev–Trinajstić information content (AvgIpc) is 3.35. The van der Waals surface area contributed by atoms with Gasteiger partial charge in [0.1, 0.15) is 11.3 Å². The second-order valence-corrected chi connectivity index (χ2v) is 6.21. The van der Waals surface area contributed by atoms with Crippen LogP contribution in [-0.2, 0) is 4.79 Å². The van der Waals surface area contributed by atoms with Crippen molar-refractivity contribution in [3.63, 3.8) is 0 Å². The summed E-state index contributed by atoms with van der Waals surface area (Å²) >= 11 is 0. The molecule has 6 nitrogen and oxygen atoms in total. The quantitative estimate of drug-likeness (QED) is 0.508. The smallest absolute Gasteiger partial charge is 0.244 e. The van der Waals surface area contributed by atoms with Gasteiger partial charge in [0.05, 0.1) is 12.3 Å². The number of rotatable bonds is 6. The first-order valence-corrected chi connectivity index (χ1v) is 8.95. The lowest BCUT2D eigenvalue weighted by Crippen LogP contribution is -2.24. The first-order valence-electron chi connectivity index (χ1n) is 8.95. The van der Waals surface area contributed by atoms with Gasteiger partial charge in [-0.2, -0.15) is 5.10 Å². The molecular formula is C22H19N3O3. The van der Waals surface area contributed by atoms with Crippen LogP contribution >= 0.6 is 0 Å². The van der Waals surface area contributed by atoms with Crippen LogP contribution in [0, 0.1) is 0 Å². The normalized spacial score (nSPS) is 11.3. The number of nitrogens with one attached hydrogen (secondary N) is 1. The molecule has 6 heteroatoms. The topological polar surface area (TPSA) is 80.3 Å². The summed E-state index contributed by atoms with van der Waals surface area (Å²) in [7, 11) is 0. The second kappa shape index (κ2) is 7.94. The van der Waals surface area contributed by atoms with Crippen molar-refractivity contribution < 1.29 is 14.3 Å². The molecule has 0 unspecified atom stereocenters. The van der Waals surface area contributed by atoms with Crippen LogP contribution in [0.5, 0.6) is 0 Å². The third-order valence-corrected chi connectivity index (χ3v) is 4.25. The Balaban J connectivity index is 1.75. The van der Waals surface area contributed by atoms with Gasteiger partial charge in [0.15, 0.2) is 5.76 Å². The number of nitrogens with zero attached hydrogens (tertiary/aromatic N) is 2. The number of amides is 1. The number of aliphatic hydroxyl groups excluding tert-OH is 1. The molecule has 0 saturated heterocycles. The van der Waals surface area contributed by atoms with E-state index in [1.54, 1.807) is 10.8 Å². The molecule has 0 fully saturated rings. The van der Waals surface area contributed by atoms with E-state index in [1.807, 2.05) is 66.9 Å². The van der Waals surface area contributed by atoms with Gasteiger partial charge < -0.3 is 14.8 Å². The van der Waals surface area contributed by atoms with E-state index >= 15 is 0 Å². The SMILES string of the molecule is O=C(/C=C/c1cn(-c2ccccc2)nc1-c1cc2ccccc2o1)NCCO. The number of aromatic nitrogens is 2. The van der Waals surface area contributed by atoms with Crippen molar-refractivity contribution in [3.05, 3.63) is 78.5 Å². The summed E-state index contributed by atoms with van der Waals surface area (Å²) in [4.78, 5) is 11.9. The molecule has 0 aliphatic heterocycles. The molecule has 0 aliphatic carbocycles. The summed E-state index contributed by atoms with van der Waals surface area (Å²) in [5, 5.41) is 17.1. The van der Waals surface area contributed by atoms with Gasteiger partial charge >= 0.3 is 0 Å². The van der Waals surface area contributed by atoms with Crippen molar-refractivity contribution in [2.75, 3.05) is 13.2 Å². The maximum atomic E-state index is 11.9. The van der Waals surface area contributed by atoms with Gasteiger partial charge in [-0.25, -0.2) is 4.68 Å². The van der Waals surface area contributed by atoms with E-state index in [0.717, 1.165) is 22.2 Å². The molecular weight excluding hydrogens is 354 g/mol. The Morgan fingerprint density at radius 1 is 1.14 bits per heavy atom. The first-order chi connectivity index (χ1) is 13.7. The number of hydrogen-bond donors (Lipinski definition) is 2. The number of benzene rings is 2. The number of fused-ring (bicyclic) bond motifs is 1. The number of carbonyl (C=O) groups excluding carboxylic acids is 1. The first kappa shape index (κ1) is 17.8. The molecule has 140 valence electrons. The lowest BCUT2D eigenvalue weighted by molar-refractivity contribution is -0.116. The molecule has 2 heterocycles. The van der Waals surface area contributed by atoms with Crippen LogP contribution in [0.15, 0.2) is 77.4 Å². The minimum atomic E-state index is -0.280. The number of hydrogen-bond acceptors (Lipinski definition) is 4. The zero-order chi connectivity index (χ0) is 19.3. The largest absolute Gasteiger partial charge is 0.454 e. The van der Waals surface area contributed by atoms with E-state index in [4.69, 9.17) is 9.52 Å². The standard InChI is InChI=1S/C22H19N3O3/c26-13-12-23-21(27)11-10-17-15-25(18-7-2-1-3-8-18)24-22(17)20-14-16-6-4-5-9-19(16)28-20/h1-11,14-15,26H,12-13H2,(H,23,27)/b11-10+. The fourth-order valence-electron chi connectivity index (χ4n) is 2.92. The van der Waals surface area contributed by atoms with Crippen molar-refractivity contribution in [2.45, 2.75) is 0 Å². The van der Waals surface area contributed by atoms with Crippen molar-refractivity contribution in [1.29, 1.82) is 0 Å². The van der Waals surface area contributed by atoms with Gasteiger partial charge in [0.25, 0.3) is 0 Å². The van der Waals surface area contributed by atoms with Gasteiger partial charge in [-0.05, 0) is 30.3 Å². The monoisotopic (exact) mass is 373 g/mol. The maximum absolute atomic E-state index is 11.9. The van der Waals surface area contributed by atoms with Gasteiger partial charge in [0.2, 0.25) is 5.91 Å². The second-order valence-electron chi connectivity index (χ2n) is 6.21. The Morgan fingerprint density at radius 3 is 2.71 bits per heavy atom. The van der Waals surface area contributed by atoms with Crippen LogP contribution in [0.1, 0.15) is 5.56 Å². The molecule has 0 radical (unpaired) electrons. The number of carbonyl (C=O) groups is 1. The fraction of sp³-hybridized carbons (Fsp3) is 0.0909. The highest BCUT2D eigenvalue weighted by atomic mass is 16.3. The zero-order valence-electron chi connectivity index (χ0n) is 15.1. The Labute approximate surface area is 161 Å². The maximum Gasteiger partial charge on any atom is 0.244 e. The molecule has 28 heavy (non-hydrogen) atoms. The molecule has 0 atom stereocenters. The van der Waals surface area contributed by atoms with Gasteiger partial charge in [0, 0.05) is 29.8 Å². The van der Waals surface area contributed by atoms with Crippen LogP contribution in [0.2, 0.25) is 0 Å². The molecule has 4 aromatic rings. The molecule has 4 rings (SSSR count). The predicted octanol–water partition coefficient (Wildman–Crippen LogP) is 3.41. The Hall–Kier alpha value is -3.64. The highest BCUT2D eigenvalue weighted by Gasteiger charge is 2.15. The molecule has 1 amide bonds. The number of aliphatic hydroxyl groups is 1. The van der Waals surface area contributed by atoms with Crippen LogP contribution in [0.25, 0.3) is 34.2 Å².